The smallest absolute Gasteiger partial charge is 0.0647 e. The maximum absolute atomic E-state index is 4.29. The van der Waals surface area contributed by atoms with Crippen molar-refractivity contribution in [2.75, 3.05) is 0 Å². The number of fused-ring (bicyclic) bond motifs is 5. The molecule has 3 heteroatoms. The Morgan fingerprint density at radius 1 is 1.18 bits per heavy atom. The molecule has 0 spiro atoms. The minimum atomic E-state index is 0.739. The van der Waals surface area contributed by atoms with Crippen LogP contribution in [0.25, 0.3) is 11.6 Å². The van der Waals surface area contributed by atoms with Crippen molar-refractivity contribution in [3.05, 3.63) is 29.7 Å². The fraction of sp³-hybridized carbons (Fsp3) is 0.632. The normalized spacial score (nSPS) is 39.8. The van der Waals surface area contributed by atoms with Gasteiger partial charge in [-0.25, -0.2) is 0 Å². The Labute approximate surface area is 132 Å². The van der Waals surface area contributed by atoms with Gasteiger partial charge in [-0.3, -0.25) is 5.10 Å². The molecule has 0 saturated heterocycles. The Balaban J connectivity index is 1.63. The van der Waals surface area contributed by atoms with Gasteiger partial charge in [0.15, 0.2) is 0 Å². The molecule has 116 valence electrons. The van der Waals surface area contributed by atoms with E-state index in [0.29, 0.717) is 0 Å². The number of rotatable bonds is 3. The third-order valence-electron chi connectivity index (χ3n) is 6.81. The summed E-state index contributed by atoms with van der Waals surface area (Å²) in [7, 11) is 0. The molecule has 3 aliphatic carbocycles. The minimum Gasteiger partial charge on any atom is -0.385 e. The standard InChI is InChI=1S/C19H25N3/c1-3-15-14(9-20-22-15)16-10(2)21-19(11-4-5-11)18-13-7-6-12(8-13)17(16)18/h3,9,11-13,17-19,21H,1,4-8H2,2H3,(H,20,22)/t12?,13?,17-,18-,19+/m1/s1. The van der Waals surface area contributed by atoms with Gasteiger partial charge in [0.25, 0.3) is 0 Å². The molecule has 3 fully saturated rings. The lowest BCUT2D eigenvalue weighted by Gasteiger charge is -2.44. The summed E-state index contributed by atoms with van der Waals surface area (Å²) in [5.74, 6) is 4.40. The van der Waals surface area contributed by atoms with Gasteiger partial charge in [0.1, 0.15) is 0 Å². The summed E-state index contributed by atoms with van der Waals surface area (Å²) in [6, 6.07) is 0.739. The summed E-state index contributed by atoms with van der Waals surface area (Å²) in [6.07, 6.45) is 11.1. The van der Waals surface area contributed by atoms with Crippen LogP contribution in [0.3, 0.4) is 0 Å². The van der Waals surface area contributed by atoms with Crippen LogP contribution in [0, 0.1) is 29.6 Å². The summed E-state index contributed by atoms with van der Waals surface area (Å²) in [6.45, 7) is 6.24. The number of hydrogen-bond donors (Lipinski definition) is 2. The van der Waals surface area contributed by atoms with Crippen LogP contribution in [0.15, 0.2) is 18.5 Å². The van der Waals surface area contributed by atoms with E-state index in [2.05, 4.69) is 29.0 Å². The van der Waals surface area contributed by atoms with Crippen LogP contribution in [-0.4, -0.2) is 16.2 Å². The third kappa shape index (κ3) is 1.65. The molecule has 1 aromatic heterocycles. The molecule has 22 heavy (non-hydrogen) atoms. The van der Waals surface area contributed by atoms with E-state index in [1.807, 2.05) is 12.3 Å². The van der Waals surface area contributed by atoms with Gasteiger partial charge in [0, 0.05) is 17.3 Å². The van der Waals surface area contributed by atoms with Crippen molar-refractivity contribution in [2.45, 2.75) is 45.1 Å². The summed E-state index contributed by atoms with van der Waals surface area (Å²) in [4.78, 5) is 0. The summed E-state index contributed by atoms with van der Waals surface area (Å²) < 4.78 is 0. The quantitative estimate of drug-likeness (QED) is 0.890. The largest absolute Gasteiger partial charge is 0.385 e. The molecular weight excluding hydrogens is 270 g/mol. The molecule has 1 aliphatic heterocycles. The van der Waals surface area contributed by atoms with Crippen LogP contribution in [-0.2, 0) is 0 Å². The van der Waals surface area contributed by atoms with Crippen LogP contribution < -0.4 is 5.32 Å². The highest BCUT2D eigenvalue weighted by atomic mass is 15.1. The van der Waals surface area contributed by atoms with Crippen LogP contribution in [0.1, 0.15) is 50.3 Å². The molecule has 0 amide bonds. The molecule has 4 aliphatic rings. The van der Waals surface area contributed by atoms with Gasteiger partial charge in [-0.1, -0.05) is 6.58 Å². The maximum Gasteiger partial charge on any atom is 0.0647 e. The van der Waals surface area contributed by atoms with E-state index in [-0.39, 0.29) is 0 Å². The lowest BCUT2D eigenvalue weighted by Crippen LogP contribution is -2.48. The first-order chi connectivity index (χ1) is 10.8. The van der Waals surface area contributed by atoms with E-state index >= 15 is 0 Å². The predicted molar refractivity (Wildman–Crippen MR) is 88.7 cm³/mol. The van der Waals surface area contributed by atoms with Crippen molar-refractivity contribution in [1.82, 2.24) is 15.5 Å². The molecule has 1 aromatic rings. The fourth-order valence-corrected chi connectivity index (χ4v) is 5.89. The third-order valence-corrected chi connectivity index (χ3v) is 6.81. The van der Waals surface area contributed by atoms with E-state index in [4.69, 9.17) is 0 Å². The molecule has 3 saturated carbocycles. The second-order valence-electron chi connectivity index (χ2n) is 7.88. The van der Waals surface area contributed by atoms with Crippen molar-refractivity contribution in [3.63, 3.8) is 0 Å². The molecule has 2 N–H and O–H groups in total. The van der Waals surface area contributed by atoms with Crippen molar-refractivity contribution in [3.8, 4) is 0 Å². The van der Waals surface area contributed by atoms with Crippen molar-refractivity contribution in [2.24, 2.45) is 29.6 Å². The maximum atomic E-state index is 4.29. The van der Waals surface area contributed by atoms with Gasteiger partial charge >= 0.3 is 0 Å². The van der Waals surface area contributed by atoms with E-state index in [9.17, 15) is 0 Å². The van der Waals surface area contributed by atoms with Crippen molar-refractivity contribution in [1.29, 1.82) is 0 Å². The molecule has 0 radical (unpaired) electrons. The Kier molecular flexibility index (Phi) is 2.65. The van der Waals surface area contributed by atoms with E-state index in [0.717, 1.165) is 41.3 Å². The van der Waals surface area contributed by atoms with Crippen LogP contribution in [0.2, 0.25) is 0 Å². The van der Waals surface area contributed by atoms with Gasteiger partial charge in [0.05, 0.1) is 11.9 Å². The zero-order chi connectivity index (χ0) is 14.8. The number of hydrogen-bond acceptors (Lipinski definition) is 2. The summed E-state index contributed by atoms with van der Waals surface area (Å²) >= 11 is 0. The van der Waals surface area contributed by atoms with Crippen molar-refractivity contribution < 1.29 is 0 Å². The molecule has 2 bridgehead atoms. The lowest BCUT2D eigenvalue weighted by molar-refractivity contribution is 0.185. The Hall–Kier alpha value is -1.51. The summed E-state index contributed by atoms with van der Waals surface area (Å²) in [5.41, 5.74) is 5.31. The highest BCUT2D eigenvalue weighted by Crippen LogP contribution is 2.61. The molecule has 0 aromatic carbocycles. The average molecular weight is 295 g/mol. The number of allylic oxidation sites excluding steroid dienone is 2. The van der Waals surface area contributed by atoms with Crippen LogP contribution in [0.5, 0.6) is 0 Å². The average Bonchev–Trinajstić information content (AvgIpc) is 2.97. The summed E-state index contributed by atoms with van der Waals surface area (Å²) in [5, 5.41) is 11.3. The zero-order valence-electron chi connectivity index (χ0n) is 13.3. The molecular formula is C19H25N3. The second-order valence-corrected chi connectivity index (χ2v) is 7.88. The predicted octanol–water partition coefficient (Wildman–Crippen LogP) is 3.83. The van der Waals surface area contributed by atoms with Gasteiger partial charge in [-0.05, 0) is 80.3 Å². The second kappa shape index (κ2) is 4.50. The Bertz CT molecular complexity index is 651. The molecule has 3 nitrogen and oxygen atoms in total. The first kappa shape index (κ1) is 13.0. The van der Waals surface area contributed by atoms with E-state index in [1.165, 1.54) is 48.9 Å². The molecule has 2 unspecified atom stereocenters. The number of nitrogens with one attached hydrogen (secondary N) is 2. The highest BCUT2D eigenvalue weighted by Gasteiger charge is 2.56. The van der Waals surface area contributed by atoms with Gasteiger partial charge in [-0.15, -0.1) is 0 Å². The number of aromatic amines is 1. The number of nitrogens with zero attached hydrogens (tertiary/aromatic N) is 1. The minimum absolute atomic E-state index is 0.739. The molecule has 5 rings (SSSR count). The zero-order valence-corrected chi connectivity index (χ0v) is 13.3. The van der Waals surface area contributed by atoms with Gasteiger partial charge in [-0.2, -0.15) is 5.10 Å². The number of H-pyrrole nitrogens is 1. The van der Waals surface area contributed by atoms with Crippen LogP contribution in [0.4, 0.5) is 0 Å². The topological polar surface area (TPSA) is 40.7 Å². The lowest BCUT2D eigenvalue weighted by atomic mass is 9.67. The molecule has 2 heterocycles. The van der Waals surface area contributed by atoms with Crippen molar-refractivity contribution >= 4 is 11.6 Å². The number of aromatic nitrogens is 2. The monoisotopic (exact) mass is 295 g/mol. The van der Waals surface area contributed by atoms with Gasteiger partial charge in [0.2, 0.25) is 0 Å². The first-order valence-electron chi connectivity index (χ1n) is 8.91. The Morgan fingerprint density at radius 2 is 1.95 bits per heavy atom. The fourth-order valence-electron chi connectivity index (χ4n) is 5.89. The molecule has 5 atom stereocenters. The first-order valence-corrected chi connectivity index (χ1v) is 8.91. The van der Waals surface area contributed by atoms with Crippen LogP contribution >= 0.6 is 0 Å². The Morgan fingerprint density at radius 3 is 2.73 bits per heavy atom. The van der Waals surface area contributed by atoms with Gasteiger partial charge < -0.3 is 5.32 Å². The highest BCUT2D eigenvalue weighted by molar-refractivity contribution is 5.76. The SMILES string of the molecule is C=Cc1[nH]ncc1C1=C(C)N[C@@H](C2CC2)[C@@H]2C3CCC(C3)[C@H]12. The van der Waals surface area contributed by atoms with E-state index in [1.54, 1.807) is 0 Å². The van der Waals surface area contributed by atoms with E-state index < -0.39 is 0 Å².